The van der Waals surface area contributed by atoms with Gasteiger partial charge in [-0.15, -0.1) is 0 Å². The van der Waals surface area contributed by atoms with E-state index in [0.29, 0.717) is 54.7 Å². The van der Waals surface area contributed by atoms with Gasteiger partial charge in [0.05, 0.1) is 31.4 Å². The number of morpholine rings is 1. The fraction of sp³-hybridized carbons (Fsp3) is 0.385. The summed E-state index contributed by atoms with van der Waals surface area (Å²) in [5.74, 6) is -0.962. The average Bonchev–Trinajstić information content (AvgIpc) is 3.10. The summed E-state index contributed by atoms with van der Waals surface area (Å²) in [6.45, 7) is 6.63. The first kappa shape index (κ1) is 24.3. The van der Waals surface area contributed by atoms with Crippen LogP contribution in [-0.4, -0.2) is 72.6 Å². The van der Waals surface area contributed by atoms with E-state index in [1.54, 1.807) is 47.4 Å². The molecule has 2 saturated heterocycles. The molecule has 34 heavy (non-hydrogen) atoms. The van der Waals surface area contributed by atoms with Gasteiger partial charge in [-0.2, -0.15) is 0 Å². The number of likely N-dealkylation sites (tertiary alicyclic amines) is 1. The number of ketones is 1. The highest BCUT2D eigenvalue weighted by Gasteiger charge is 2.45. The second kappa shape index (κ2) is 11.0. The Morgan fingerprint density at radius 1 is 1.12 bits per heavy atom. The summed E-state index contributed by atoms with van der Waals surface area (Å²) in [6, 6.07) is 13.2. The molecule has 2 aliphatic heterocycles. The lowest BCUT2D eigenvalue weighted by molar-refractivity contribution is -0.140. The minimum absolute atomic E-state index is 0.0623. The molecular formula is C26H29ClN2O5. The quantitative estimate of drug-likeness (QED) is 0.348. The maximum absolute atomic E-state index is 13.2. The second-order valence-electron chi connectivity index (χ2n) is 8.32. The highest BCUT2D eigenvalue weighted by Crippen LogP contribution is 2.40. The van der Waals surface area contributed by atoms with Crippen molar-refractivity contribution in [2.45, 2.75) is 19.4 Å². The lowest BCUT2D eigenvalue weighted by atomic mass is 9.95. The van der Waals surface area contributed by atoms with Gasteiger partial charge >= 0.3 is 0 Å². The largest absolute Gasteiger partial charge is 0.507 e. The minimum atomic E-state index is -0.723. The zero-order valence-electron chi connectivity index (χ0n) is 19.2. The number of amides is 1. The Morgan fingerprint density at radius 2 is 1.88 bits per heavy atom. The molecular weight excluding hydrogens is 456 g/mol. The van der Waals surface area contributed by atoms with Crippen LogP contribution in [-0.2, 0) is 14.3 Å². The highest BCUT2D eigenvalue weighted by molar-refractivity contribution is 6.46. The van der Waals surface area contributed by atoms with E-state index in [1.165, 1.54) is 0 Å². The summed E-state index contributed by atoms with van der Waals surface area (Å²) in [6.07, 6.45) is 0.698. The van der Waals surface area contributed by atoms with Crippen molar-refractivity contribution in [1.82, 2.24) is 9.80 Å². The molecule has 2 aliphatic rings. The predicted molar refractivity (Wildman–Crippen MR) is 130 cm³/mol. The normalized spacial score (nSPS) is 20.6. The van der Waals surface area contributed by atoms with E-state index in [9.17, 15) is 14.7 Å². The molecule has 0 bridgehead atoms. The Labute approximate surface area is 204 Å². The van der Waals surface area contributed by atoms with E-state index < -0.39 is 17.7 Å². The van der Waals surface area contributed by atoms with Crippen molar-refractivity contribution in [3.05, 3.63) is 70.3 Å². The lowest BCUT2D eigenvalue weighted by Crippen LogP contribution is -2.38. The number of halogens is 1. The van der Waals surface area contributed by atoms with Crippen LogP contribution >= 0.6 is 11.6 Å². The van der Waals surface area contributed by atoms with Crippen LogP contribution in [0.3, 0.4) is 0 Å². The Balaban J connectivity index is 1.68. The van der Waals surface area contributed by atoms with Crippen LogP contribution in [0, 0.1) is 0 Å². The average molecular weight is 485 g/mol. The summed E-state index contributed by atoms with van der Waals surface area (Å²) in [7, 11) is 0. The summed E-state index contributed by atoms with van der Waals surface area (Å²) in [4.78, 5) is 30.1. The van der Waals surface area contributed by atoms with Crippen molar-refractivity contribution >= 4 is 29.1 Å². The van der Waals surface area contributed by atoms with Gasteiger partial charge in [0.1, 0.15) is 11.5 Å². The molecule has 2 heterocycles. The number of hydrogen-bond acceptors (Lipinski definition) is 6. The number of nitrogens with zero attached hydrogens (tertiary/aromatic N) is 2. The number of aliphatic hydroxyl groups is 1. The molecule has 8 heteroatoms. The number of ether oxygens (including phenoxy) is 2. The number of carbonyl (C=O) groups excluding carboxylic acids is 2. The highest BCUT2D eigenvalue weighted by atomic mass is 35.5. The van der Waals surface area contributed by atoms with Crippen LogP contribution < -0.4 is 4.74 Å². The van der Waals surface area contributed by atoms with Crippen LogP contribution in [0.4, 0.5) is 0 Å². The standard InChI is InChI=1S/C26H29ClN2O5/c1-2-34-21-9-4-7-19(17-21)24(30)22-23(18-6-3-8-20(27)16-18)29(26(32)25(22)31)11-5-10-28-12-14-33-15-13-28/h3-4,6-9,16-17,23,30H,2,5,10-15H2,1H3. The number of aliphatic hydroxyl groups excluding tert-OH is 1. The summed E-state index contributed by atoms with van der Waals surface area (Å²) < 4.78 is 10.9. The fourth-order valence-electron chi connectivity index (χ4n) is 4.48. The van der Waals surface area contributed by atoms with Crippen LogP contribution in [0.15, 0.2) is 54.1 Å². The Kier molecular flexibility index (Phi) is 7.88. The molecule has 0 aromatic heterocycles. The predicted octanol–water partition coefficient (Wildman–Crippen LogP) is 3.88. The van der Waals surface area contributed by atoms with Crippen molar-refractivity contribution in [3.63, 3.8) is 0 Å². The van der Waals surface area contributed by atoms with Crippen molar-refractivity contribution in [1.29, 1.82) is 0 Å². The molecule has 1 amide bonds. The smallest absolute Gasteiger partial charge is 0.295 e. The maximum Gasteiger partial charge on any atom is 0.295 e. The number of carbonyl (C=O) groups is 2. The van der Waals surface area contributed by atoms with E-state index in [0.717, 1.165) is 19.6 Å². The van der Waals surface area contributed by atoms with Gasteiger partial charge in [0.2, 0.25) is 0 Å². The molecule has 1 unspecified atom stereocenters. The monoisotopic (exact) mass is 484 g/mol. The number of rotatable bonds is 8. The topological polar surface area (TPSA) is 79.3 Å². The van der Waals surface area contributed by atoms with Gasteiger partial charge in [-0.3, -0.25) is 14.5 Å². The minimum Gasteiger partial charge on any atom is -0.507 e. The molecule has 0 saturated carbocycles. The zero-order valence-corrected chi connectivity index (χ0v) is 20.0. The van der Waals surface area contributed by atoms with E-state index in [4.69, 9.17) is 21.1 Å². The molecule has 2 aromatic rings. The van der Waals surface area contributed by atoms with E-state index >= 15 is 0 Å². The van der Waals surface area contributed by atoms with Gasteiger partial charge in [0, 0.05) is 36.8 Å². The first-order valence-corrected chi connectivity index (χ1v) is 11.9. The van der Waals surface area contributed by atoms with Crippen molar-refractivity contribution in [3.8, 4) is 5.75 Å². The zero-order chi connectivity index (χ0) is 24.1. The third-order valence-corrected chi connectivity index (χ3v) is 6.34. The molecule has 1 N–H and O–H groups in total. The number of hydrogen-bond donors (Lipinski definition) is 1. The van der Waals surface area contributed by atoms with Crippen LogP contribution in [0.2, 0.25) is 5.02 Å². The van der Waals surface area contributed by atoms with Crippen molar-refractivity contribution < 1.29 is 24.2 Å². The van der Waals surface area contributed by atoms with Crippen molar-refractivity contribution in [2.75, 3.05) is 46.0 Å². The summed E-state index contributed by atoms with van der Waals surface area (Å²) in [5.41, 5.74) is 1.16. The lowest BCUT2D eigenvalue weighted by Gasteiger charge is -2.29. The third kappa shape index (κ3) is 5.27. The Morgan fingerprint density at radius 3 is 2.62 bits per heavy atom. The molecule has 0 spiro atoms. The van der Waals surface area contributed by atoms with Crippen LogP contribution in [0.1, 0.15) is 30.5 Å². The third-order valence-electron chi connectivity index (χ3n) is 6.10. The molecule has 180 valence electrons. The second-order valence-corrected chi connectivity index (χ2v) is 8.75. The van der Waals surface area contributed by atoms with Gasteiger partial charge in [0.15, 0.2) is 0 Å². The van der Waals surface area contributed by atoms with Gasteiger partial charge in [0.25, 0.3) is 11.7 Å². The molecule has 2 aromatic carbocycles. The molecule has 2 fully saturated rings. The first-order valence-electron chi connectivity index (χ1n) is 11.6. The van der Waals surface area contributed by atoms with Crippen LogP contribution in [0.5, 0.6) is 5.75 Å². The van der Waals surface area contributed by atoms with Gasteiger partial charge < -0.3 is 19.5 Å². The number of Topliss-reactive ketones (excluding diaryl/α,β-unsaturated/α-hetero) is 1. The van der Waals surface area contributed by atoms with E-state index in [2.05, 4.69) is 4.90 Å². The molecule has 4 rings (SSSR count). The van der Waals surface area contributed by atoms with Crippen molar-refractivity contribution in [2.24, 2.45) is 0 Å². The molecule has 0 radical (unpaired) electrons. The maximum atomic E-state index is 13.2. The number of benzene rings is 2. The molecule has 7 nitrogen and oxygen atoms in total. The first-order chi connectivity index (χ1) is 16.5. The fourth-order valence-corrected chi connectivity index (χ4v) is 4.68. The van der Waals surface area contributed by atoms with Crippen LogP contribution in [0.25, 0.3) is 5.76 Å². The Hall–Kier alpha value is -2.87. The molecule has 0 aliphatic carbocycles. The van der Waals surface area contributed by atoms with Gasteiger partial charge in [-0.05, 0) is 43.2 Å². The Bertz CT molecular complexity index is 1080. The van der Waals surface area contributed by atoms with Gasteiger partial charge in [-0.1, -0.05) is 35.9 Å². The SMILES string of the molecule is CCOc1cccc(C(O)=C2C(=O)C(=O)N(CCCN3CCOCC3)C2c2cccc(Cl)c2)c1. The van der Waals surface area contributed by atoms with Gasteiger partial charge in [-0.25, -0.2) is 0 Å². The summed E-state index contributed by atoms with van der Waals surface area (Å²) in [5, 5.41) is 11.7. The summed E-state index contributed by atoms with van der Waals surface area (Å²) >= 11 is 6.25. The molecule has 1 atom stereocenters. The van der Waals surface area contributed by atoms with E-state index in [-0.39, 0.29) is 11.3 Å². The van der Waals surface area contributed by atoms with E-state index in [1.807, 2.05) is 13.0 Å².